The zero-order valence-corrected chi connectivity index (χ0v) is 14.6. The summed E-state index contributed by atoms with van der Waals surface area (Å²) in [5.74, 6) is 0. The van der Waals surface area contributed by atoms with Crippen LogP contribution >= 0.6 is 0 Å². The maximum atomic E-state index is 3.71. The van der Waals surface area contributed by atoms with Gasteiger partial charge in [0.25, 0.3) is 0 Å². The topological polar surface area (TPSA) is 15.8 Å². The van der Waals surface area contributed by atoms with E-state index in [-0.39, 0.29) is 5.41 Å². The lowest BCUT2D eigenvalue weighted by atomic mass is 9.80. The Morgan fingerprint density at radius 2 is 1.58 bits per heavy atom. The third-order valence-corrected chi connectivity index (χ3v) is 5.91. The normalized spacial score (nSPS) is 15.0. The molecule has 0 unspecified atom stereocenters. The molecular formula is C23H21N. The van der Waals surface area contributed by atoms with Crippen LogP contribution in [0.5, 0.6) is 0 Å². The molecule has 1 nitrogen and oxygen atoms in total. The van der Waals surface area contributed by atoms with Crippen LogP contribution in [-0.4, -0.2) is 4.98 Å². The van der Waals surface area contributed by atoms with Gasteiger partial charge in [-0.3, -0.25) is 0 Å². The van der Waals surface area contributed by atoms with Crippen molar-refractivity contribution in [3.63, 3.8) is 0 Å². The Hall–Kier alpha value is -2.54. The van der Waals surface area contributed by atoms with E-state index in [1.54, 1.807) is 0 Å². The second-order valence-electron chi connectivity index (χ2n) is 7.64. The van der Waals surface area contributed by atoms with Gasteiger partial charge in [-0.05, 0) is 53.3 Å². The van der Waals surface area contributed by atoms with Crippen molar-refractivity contribution in [2.24, 2.45) is 0 Å². The standard InChI is InChI=1S/C23H21N/c1-13-8-7-10-16-18-12-17-15-9-5-6-11-19(15)23(3,4)20(17)14(2)22(18)24-21(13)16/h5-12,24H,1-4H3. The first-order valence-electron chi connectivity index (χ1n) is 8.65. The van der Waals surface area contributed by atoms with Gasteiger partial charge < -0.3 is 4.98 Å². The fraction of sp³-hybridized carbons (Fsp3) is 0.217. The molecule has 0 radical (unpaired) electrons. The zero-order valence-electron chi connectivity index (χ0n) is 14.6. The summed E-state index contributed by atoms with van der Waals surface area (Å²) in [5.41, 5.74) is 11.0. The number of benzene rings is 3. The van der Waals surface area contributed by atoms with Gasteiger partial charge in [0.2, 0.25) is 0 Å². The van der Waals surface area contributed by atoms with Crippen LogP contribution in [0.25, 0.3) is 32.9 Å². The van der Waals surface area contributed by atoms with Crippen molar-refractivity contribution in [3.05, 3.63) is 70.8 Å². The predicted molar refractivity (Wildman–Crippen MR) is 103 cm³/mol. The molecule has 5 rings (SSSR count). The van der Waals surface area contributed by atoms with Gasteiger partial charge in [-0.1, -0.05) is 56.3 Å². The summed E-state index contributed by atoms with van der Waals surface area (Å²) in [6.07, 6.45) is 0. The number of para-hydroxylation sites is 1. The Morgan fingerprint density at radius 1 is 0.792 bits per heavy atom. The molecule has 24 heavy (non-hydrogen) atoms. The van der Waals surface area contributed by atoms with Gasteiger partial charge in [0.15, 0.2) is 0 Å². The first-order chi connectivity index (χ1) is 11.5. The maximum absolute atomic E-state index is 3.71. The van der Waals surface area contributed by atoms with E-state index < -0.39 is 0 Å². The highest BCUT2D eigenvalue weighted by Crippen LogP contribution is 2.52. The van der Waals surface area contributed by atoms with Crippen LogP contribution in [0.1, 0.15) is 36.1 Å². The molecule has 0 fully saturated rings. The molecule has 1 heteroatoms. The van der Waals surface area contributed by atoms with Crippen LogP contribution < -0.4 is 0 Å². The highest BCUT2D eigenvalue weighted by Gasteiger charge is 2.37. The lowest BCUT2D eigenvalue weighted by Gasteiger charge is -2.23. The van der Waals surface area contributed by atoms with Crippen LogP contribution in [0.15, 0.2) is 48.5 Å². The van der Waals surface area contributed by atoms with Gasteiger partial charge in [0.1, 0.15) is 0 Å². The number of fused-ring (bicyclic) bond motifs is 6. The van der Waals surface area contributed by atoms with Gasteiger partial charge in [-0.25, -0.2) is 0 Å². The van der Waals surface area contributed by atoms with E-state index in [4.69, 9.17) is 0 Å². The van der Waals surface area contributed by atoms with E-state index in [0.717, 1.165) is 0 Å². The van der Waals surface area contributed by atoms with Crippen LogP contribution in [-0.2, 0) is 5.41 Å². The predicted octanol–water partition coefficient (Wildman–Crippen LogP) is 6.24. The Morgan fingerprint density at radius 3 is 2.42 bits per heavy atom. The molecule has 0 bridgehead atoms. The molecule has 0 saturated heterocycles. The van der Waals surface area contributed by atoms with Gasteiger partial charge in [-0.2, -0.15) is 0 Å². The SMILES string of the molecule is Cc1cccc2c1[nH]c1c(C)c3c(cc12)-c1ccccc1C3(C)C. The van der Waals surface area contributed by atoms with E-state index in [0.29, 0.717) is 0 Å². The molecule has 4 aromatic rings. The highest BCUT2D eigenvalue weighted by molar-refractivity contribution is 6.11. The maximum Gasteiger partial charge on any atom is 0.0498 e. The molecule has 0 atom stereocenters. The van der Waals surface area contributed by atoms with E-state index in [2.05, 4.69) is 81.2 Å². The van der Waals surface area contributed by atoms with Crippen LogP contribution in [0.2, 0.25) is 0 Å². The average Bonchev–Trinajstić information content (AvgIpc) is 3.05. The van der Waals surface area contributed by atoms with Crippen molar-refractivity contribution in [2.75, 3.05) is 0 Å². The van der Waals surface area contributed by atoms with Gasteiger partial charge in [0.05, 0.1) is 0 Å². The number of hydrogen-bond acceptors (Lipinski definition) is 0. The zero-order chi connectivity index (χ0) is 16.6. The largest absolute Gasteiger partial charge is 0.354 e. The molecular weight excluding hydrogens is 290 g/mol. The second kappa shape index (κ2) is 4.30. The summed E-state index contributed by atoms with van der Waals surface area (Å²) < 4.78 is 0. The van der Waals surface area contributed by atoms with E-state index in [9.17, 15) is 0 Å². The summed E-state index contributed by atoms with van der Waals surface area (Å²) in [5, 5.41) is 2.68. The minimum Gasteiger partial charge on any atom is -0.354 e. The lowest BCUT2D eigenvalue weighted by Crippen LogP contribution is -2.16. The quantitative estimate of drug-likeness (QED) is 0.395. The summed E-state index contributed by atoms with van der Waals surface area (Å²) >= 11 is 0. The van der Waals surface area contributed by atoms with Gasteiger partial charge >= 0.3 is 0 Å². The fourth-order valence-electron chi connectivity index (χ4n) is 4.79. The molecule has 1 aliphatic rings. The van der Waals surface area contributed by atoms with Gasteiger partial charge in [0, 0.05) is 27.2 Å². The van der Waals surface area contributed by atoms with E-state index >= 15 is 0 Å². The summed E-state index contributed by atoms with van der Waals surface area (Å²) in [4.78, 5) is 3.71. The molecule has 1 N–H and O–H groups in total. The third-order valence-electron chi connectivity index (χ3n) is 5.91. The molecule has 1 heterocycles. The highest BCUT2D eigenvalue weighted by atomic mass is 14.7. The number of aromatic amines is 1. The molecule has 0 aliphatic heterocycles. The molecule has 1 aliphatic carbocycles. The molecule has 3 aromatic carbocycles. The first kappa shape index (κ1) is 13.9. The minimum absolute atomic E-state index is 0.0521. The van der Waals surface area contributed by atoms with Crippen molar-refractivity contribution >= 4 is 21.8 Å². The number of hydrogen-bond donors (Lipinski definition) is 1. The smallest absolute Gasteiger partial charge is 0.0498 e. The Kier molecular flexibility index (Phi) is 2.48. The van der Waals surface area contributed by atoms with Crippen LogP contribution in [0.3, 0.4) is 0 Å². The Labute approximate surface area is 142 Å². The third kappa shape index (κ3) is 1.50. The van der Waals surface area contributed by atoms with Crippen molar-refractivity contribution < 1.29 is 0 Å². The second-order valence-corrected chi connectivity index (χ2v) is 7.64. The Bertz CT molecular complexity index is 1140. The number of rotatable bonds is 0. The molecule has 1 aromatic heterocycles. The summed E-state index contributed by atoms with van der Waals surface area (Å²) in [6.45, 7) is 9.16. The van der Waals surface area contributed by atoms with Crippen molar-refractivity contribution in [1.29, 1.82) is 0 Å². The van der Waals surface area contributed by atoms with E-state index in [1.807, 2.05) is 0 Å². The monoisotopic (exact) mass is 311 g/mol. The lowest BCUT2D eigenvalue weighted by molar-refractivity contribution is 0.656. The van der Waals surface area contributed by atoms with Crippen LogP contribution in [0.4, 0.5) is 0 Å². The number of H-pyrrole nitrogens is 1. The van der Waals surface area contributed by atoms with Gasteiger partial charge in [-0.15, -0.1) is 0 Å². The molecule has 0 amide bonds. The molecule has 0 saturated carbocycles. The number of aryl methyl sites for hydroxylation is 2. The summed E-state index contributed by atoms with van der Waals surface area (Å²) in [6, 6.07) is 17.9. The van der Waals surface area contributed by atoms with E-state index in [1.165, 1.54) is 55.2 Å². The van der Waals surface area contributed by atoms with Crippen molar-refractivity contribution in [2.45, 2.75) is 33.1 Å². The van der Waals surface area contributed by atoms with Crippen molar-refractivity contribution in [3.8, 4) is 11.1 Å². The first-order valence-corrected chi connectivity index (χ1v) is 8.65. The number of nitrogens with one attached hydrogen (secondary N) is 1. The molecule has 0 spiro atoms. The minimum atomic E-state index is 0.0521. The van der Waals surface area contributed by atoms with Crippen molar-refractivity contribution in [1.82, 2.24) is 4.98 Å². The fourth-order valence-corrected chi connectivity index (χ4v) is 4.79. The molecule has 118 valence electrons. The van der Waals surface area contributed by atoms with Crippen LogP contribution in [0, 0.1) is 13.8 Å². The summed E-state index contributed by atoms with van der Waals surface area (Å²) in [7, 11) is 0. The average molecular weight is 311 g/mol. The number of aromatic nitrogens is 1. The Balaban J connectivity index is 2.00.